The van der Waals surface area contributed by atoms with Gasteiger partial charge in [-0.05, 0) is 48.3 Å². The van der Waals surface area contributed by atoms with Gasteiger partial charge in [0.15, 0.2) is 0 Å². The summed E-state index contributed by atoms with van der Waals surface area (Å²) >= 11 is 1.79. The lowest BCUT2D eigenvalue weighted by Gasteiger charge is -2.04. The molecule has 1 N–H and O–H groups in total. The third-order valence-corrected chi connectivity index (χ3v) is 3.86. The molecule has 1 nitrogen and oxygen atoms in total. The summed E-state index contributed by atoms with van der Waals surface area (Å²) in [5.74, 6) is 0. The van der Waals surface area contributed by atoms with Gasteiger partial charge in [0.1, 0.15) is 0 Å². The zero-order chi connectivity index (χ0) is 12.2. The van der Waals surface area contributed by atoms with E-state index in [9.17, 15) is 0 Å². The lowest BCUT2D eigenvalue weighted by molar-refractivity contribution is 0.563. The molecule has 0 aliphatic carbocycles. The highest BCUT2D eigenvalue weighted by Crippen LogP contribution is 2.07. The standard InChI is InChI=1S/C15H27NS/c1-2-3-4-5-6-7-8-11-16-12-9-15-10-13-17-14-15/h10,13-14,16H,2-9,11-12H2,1H3. The van der Waals surface area contributed by atoms with Crippen molar-refractivity contribution < 1.29 is 0 Å². The summed E-state index contributed by atoms with van der Waals surface area (Å²) in [7, 11) is 0. The quantitative estimate of drug-likeness (QED) is 0.567. The van der Waals surface area contributed by atoms with Crippen LogP contribution >= 0.6 is 11.3 Å². The van der Waals surface area contributed by atoms with Crippen LogP contribution in [0.4, 0.5) is 0 Å². The van der Waals surface area contributed by atoms with E-state index < -0.39 is 0 Å². The Morgan fingerprint density at radius 1 is 1.00 bits per heavy atom. The fraction of sp³-hybridized carbons (Fsp3) is 0.733. The van der Waals surface area contributed by atoms with Gasteiger partial charge in [0.25, 0.3) is 0 Å². The highest BCUT2D eigenvalue weighted by Gasteiger charge is 1.93. The Kier molecular flexibility index (Phi) is 9.34. The van der Waals surface area contributed by atoms with Crippen molar-refractivity contribution in [2.75, 3.05) is 13.1 Å². The van der Waals surface area contributed by atoms with Crippen LogP contribution in [0.3, 0.4) is 0 Å². The molecule has 1 aromatic rings. The largest absolute Gasteiger partial charge is 0.316 e. The van der Waals surface area contributed by atoms with Crippen molar-refractivity contribution in [2.45, 2.75) is 58.3 Å². The number of hydrogen-bond donors (Lipinski definition) is 1. The zero-order valence-electron chi connectivity index (χ0n) is 11.2. The van der Waals surface area contributed by atoms with Crippen LogP contribution in [0.5, 0.6) is 0 Å². The molecule has 1 heterocycles. The normalized spacial score (nSPS) is 10.9. The number of rotatable bonds is 11. The molecule has 0 saturated heterocycles. The van der Waals surface area contributed by atoms with Crippen LogP contribution in [0.25, 0.3) is 0 Å². The minimum atomic E-state index is 1.13. The summed E-state index contributed by atoms with van der Waals surface area (Å²) in [6.07, 6.45) is 11.0. The maximum Gasteiger partial charge on any atom is -0.000806 e. The summed E-state index contributed by atoms with van der Waals surface area (Å²) in [4.78, 5) is 0. The highest BCUT2D eigenvalue weighted by molar-refractivity contribution is 7.07. The average Bonchev–Trinajstić information content (AvgIpc) is 2.85. The Hall–Kier alpha value is -0.340. The zero-order valence-corrected chi connectivity index (χ0v) is 12.0. The fourth-order valence-electron chi connectivity index (χ4n) is 2.00. The molecule has 0 aliphatic rings. The van der Waals surface area contributed by atoms with Gasteiger partial charge in [-0.25, -0.2) is 0 Å². The smallest absolute Gasteiger partial charge is 0.000806 e. The number of hydrogen-bond acceptors (Lipinski definition) is 2. The van der Waals surface area contributed by atoms with Crippen molar-refractivity contribution in [2.24, 2.45) is 0 Å². The molecule has 2 heteroatoms. The van der Waals surface area contributed by atoms with Crippen molar-refractivity contribution >= 4 is 11.3 Å². The number of unbranched alkanes of at least 4 members (excludes halogenated alkanes) is 6. The number of thiophene rings is 1. The lowest BCUT2D eigenvalue weighted by Crippen LogP contribution is -2.18. The van der Waals surface area contributed by atoms with Gasteiger partial charge in [-0.15, -0.1) is 0 Å². The van der Waals surface area contributed by atoms with Crippen LogP contribution in [0.1, 0.15) is 57.4 Å². The van der Waals surface area contributed by atoms with Gasteiger partial charge in [0.05, 0.1) is 0 Å². The predicted octanol–water partition coefficient (Wildman–Crippen LogP) is 4.63. The molecule has 0 aromatic carbocycles. The van der Waals surface area contributed by atoms with Crippen molar-refractivity contribution in [3.05, 3.63) is 22.4 Å². The fourth-order valence-corrected chi connectivity index (χ4v) is 2.70. The van der Waals surface area contributed by atoms with Gasteiger partial charge >= 0.3 is 0 Å². The second kappa shape index (κ2) is 10.8. The summed E-state index contributed by atoms with van der Waals surface area (Å²) < 4.78 is 0. The van der Waals surface area contributed by atoms with Gasteiger partial charge in [0.2, 0.25) is 0 Å². The van der Waals surface area contributed by atoms with Crippen molar-refractivity contribution in [3.63, 3.8) is 0 Å². The first kappa shape index (κ1) is 14.7. The average molecular weight is 253 g/mol. The molecule has 0 atom stereocenters. The molecule has 0 radical (unpaired) electrons. The predicted molar refractivity (Wildman–Crippen MR) is 78.9 cm³/mol. The molecule has 17 heavy (non-hydrogen) atoms. The summed E-state index contributed by atoms with van der Waals surface area (Å²) in [5, 5.41) is 7.93. The minimum absolute atomic E-state index is 1.13. The first-order valence-electron chi connectivity index (χ1n) is 7.15. The van der Waals surface area contributed by atoms with E-state index in [4.69, 9.17) is 0 Å². The first-order chi connectivity index (χ1) is 8.43. The molecule has 0 saturated carbocycles. The Morgan fingerprint density at radius 2 is 1.76 bits per heavy atom. The van der Waals surface area contributed by atoms with Gasteiger partial charge in [-0.3, -0.25) is 0 Å². The molecule has 98 valence electrons. The van der Waals surface area contributed by atoms with Crippen LogP contribution in [0.15, 0.2) is 16.8 Å². The van der Waals surface area contributed by atoms with Crippen LogP contribution in [0, 0.1) is 0 Å². The molecular formula is C15H27NS. The van der Waals surface area contributed by atoms with Crippen molar-refractivity contribution in [3.8, 4) is 0 Å². The van der Waals surface area contributed by atoms with Crippen LogP contribution in [-0.4, -0.2) is 13.1 Å². The maximum atomic E-state index is 3.53. The van der Waals surface area contributed by atoms with Gasteiger partial charge in [0, 0.05) is 0 Å². The van der Waals surface area contributed by atoms with Crippen LogP contribution < -0.4 is 5.32 Å². The Morgan fingerprint density at radius 3 is 2.47 bits per heavy atom. The molecular weight excluding hydrogens is 226 g/mol. The molecule has 1 rings (SSSR count). The lowest BCUT2D eigenvalue weighted by atomic mass is 10.1. The van der Waals surface area contributed by atoms with Gasteiger partial charge < -0.3 is 5.32 Å². The molecule has 0 fully saturated rings. The SMILES string of the molecule is CCCCCCCCCNCCc1ccsc1. The molecule has 0 amide bonds. The third-order valence-electron chi connectivity index (χ3n) is 3.13. The van der Waals surface area contributed by atoms with E-state index >= 15 is 0 Å². The highest BCUT2D eigenvalue weighted by atomic mass is 32.1. The van der Waals surface area contributed by atoms with E-state index in [1.54, 1.807) is 11.3 Å². The minimum Gasteiger partial charge on any atom is -0.316 e. The van der Waals surface area contributed by atoms with E-state index in [0.717, 1.165) is 6.54 Å². The van der Waals surface area contributed by atoms with Crippen molar-refractivity contribution in [1.29, 1.82) is 0 Å². The van der Waals surface area contributed by atoms with Gasteiger partial charge in [-0.1, -0.05) is 45.4 Å². The van der Waals surface area contributed by atoms with E-state index in [0.29, 0.717) is 0 Å². The molecule has 1 aromatic heterocycles. The molecule has 0 spiro atoms. The Balaban J connectivity index is 1.76. The van der Waals surface area contributed by atoms with E-state index in [-0.39, 0.29) is 0 Å². The molecule has 0 bridgehead atoms. The second-order valence-corrected chi connectivity index (χ2v) is 5.53. The summed E-state index contributed by atoms with van der Waals surface area (Å²) in [6, 6.07) is 2.22. The summed E-state index contributed by atoms with van der Waals surface area (Å²) in [6.45, 7) is 4.60. The van der Waals surface area contributed by atoms with E-state index in [1.807, 2.05) is 0 Å². The number of nitrogens with one attached hydrogen (secondary N) is 1. The molecule has 0 aliphatic heterocycles. The summed E-state index contributed by atoms with van der Waals surface area (Å²) in [5.41, 5.74) is 1.47. The van der Waals surface area contributed by atoms with Crippen molar-refractivity contribution in [1.82, 2.24) is 5.32 Å². The van der Waals surface area contributed by atoms with E-state index in [1.165, 1.54) is 63.5 Å². The topological polar surface area (TPSA) is 12.0 Å². The maximum absolute atomic E-state index is 3.53. The Bertz CT molecular complexity index is 243. The monoisotopic (exact) mass is 253 g/mol. The van der Waals surface area contributed by atoms with Crippen LogP contribution in [0.2, 0.25) is 0 Å². The van der Waals surface area contributed by atoms with E-state index in [2.05, 4.69) is 29.1 Å². The first-order valence-corrected chi connectivity index (χ1v) is 8.09. The second-order valence-electron chi connectivity index (χ2n) is 4.75. The van der Waals surface area contributed by atoms with Gasteiger partial charge in [-0.2, -0.15) is 11.3 Å². The van der Waals surface area contributed by atoms with Crippen LogP contribution in [-0.2, 0) is 6.42 Å². The third kappa shape index (κ3) is 8.39. The molecule has 0 unspecified atom stereocenters. The Labute approximate surface area is 111 Å².